The van der Waals surface area contributed by atoms with Crippen LogP contribution in [0.2, 0.25) is 0 Å². The number of methoxy groups -OCH3 is 1. The van der Waals surface area contributed by atoms with Gasteiger partial charge in [0.1, 0.15) is 23.3 Å². The summed E-state index contributed by atoms with van der Waals surface area (Å²) >= 11 is 0. The largest absolute Gasteiger partial charge is 0.464 e. The monoisotopic (exact) mass is 372 g/mol. The molecule has 0 spiro atoms. The van der Waals surface area contributed by atoms with Crippen molar-refractivity contribution in [2.45, 2.75) is 19.4 Å². The summed E-state index contributed by atoms with van der Waals surface area (Å²) in [4.78, 5) is 30.4. The number of pyridine rings is 1. The lowest BCUT2D eigenvalue weighted by atomic mass is 10.2. The molecule has 144 valence electrons. The van der Waals surface area contributed by atoms with Crippen LogP contribution in [-0.4, -0.2) is 50.1 Å². The molecule has 2 aromatic heterocycles. The topological polar surface area (TPSA) is 96.7 Å². The molecule has 27 heavy (non-hydrogen) atoms. The van der Waals surface area contributed by atoms with Crippen molar-refractivity contribution >= 4 is 17.5 Å². The number of ether oxygens (including phenoxy) is 1. The number of nitrogens with zero attached hydrogens (tertiary/aromatic N) is 2. The Morgan fingerprint density at radius 2 is 2.30 bits per heavy atom. The van der Waals surface area contributed by atoms with Crippen LogP contribution < -0.4 is 15.5 Å². The Morgan fingerprint density at radius 1 is 1.44 bits per heavy atom. The van der Waals surface area contributed by atoms with E-state index in [1.54, 1.807) is 25.4 Å². The second-order valence-electron chi connectivity index (χ2n) is 6.31. The summed E-state index contributed by atoms with van der Waals surface area (Å²) in [7, 11) is 1.57. The number of rotatable bonds is 7. The lowest BCUT2D eigenvalue weighted by Crippen LogP contribution is -2.47. The molecule has 3 rings (SSSR count). The Kier molecular flexibility index (Phi) is 6.08. The highest BCUT2D eigenvalue weighted by Gasteiger charge is 2.21. The first kappa shape index (κ1) is 18.9. The molecular weight excluding hydrogens is 348 g/mol. The van der Waals surface area contributed by atoms with E-state index in [9.17, 15) is 9.59 Å². The standard InChI is InChI=1S/C19H24N4O4/c1-3-14-4-5-17(27-14)16(12-26-2)22-19(25)15-10-13(6-7-20-15)23-9-8-21-18(24)11-23/h4-7,10,16H,3,8-9,11-12H2,1-2H3,(H,21,24)(H,22,25). The van der Waals surface area contributed by atoms with Crippen molar-refractivity contribution in [2.24, 2.45) is 0 Å². The van der Waals surface area contributed by atoms with Gasteiger partial charge in [-0.25, -0.2) is 0 Å². The van der Waals surface area contributed by atoms with Gasteiger partial charge in [0.2, 0.25) is 5.91 Å². The molecule has 0 saturated carbocycles. The minimum absolute atomic E-state index is 0.0335. The molecule has 0 aliphatic carbocycles. The minimum Gasteiger partial charge on any atom is -0.464 e. The average Bonchev–Trinajstić information content (AvgIpc) is 3.17. The van der Waals surface area contributed by atoms with Crippen molar-refractivity contribution in [1.29, 1.82) is 0 Å². The third kappa shape index (κ3) is 4.65. The molecule has 1 unspecified atom stereocenters. The van der Waals surface area contributed by atoms with Crippen LogP contribution in [0.15, 0.2) is 34.9 Å². The molecule has 2 amide bonds. The fourth-order valence-electron chi connectivity index (χ4n) is 2.96. The second-order valence-corrected chi connectivity index (χ2v) is 6.31. The first-order valence-electron chi connectivity index (χ1n) is 8.96. The number of amides is 2. The van der Waals surface area contributed by atoms with Crippen molar-refractivity contribution in [1.82, 2.24) is 15.6 Å². The van der Waals surface area contributed by atoms with E-state index in [0.29, 0.717) is 18.8 Å². The Morgan fingerprint density at radius 3 is 3.00 bits per heavy atom. The highest BCUT2D eigenvalue weighted by molar-refractivity contribution is 5.93. The maximum atomic E-state index is 12.7. The van der Waals surface area contributed by atoms with Gasteiger partial charge in [0.25, 0.3) is 5.91 Å². The zero-order valence-electron chi connectivity index (χ0n) is 15.5. The van der Waals surface area contributed by atoms with E-state index in [-0.39, 0.29) is 30.7 Å². The first-order valence-corrected chi connectivity index (χ1v) is 8.96. The van der Waals surface area contributed by atoms with Crippen LogP contribution in [0.1, 0.15) is 35.0 Å². The number of nitrogens with one attached hydrogen (secondary N) is 2. The van der Waals surface area contributed by atoms with Gasteiger partial charge in [0.05, 0.1) is 13.2 Å². The van der Waals surface area contributed by atoms with E-state index in [1.165, 1.54) is 0 Å². The quantitative estimate of drug-likeness (QED) is 0.760. The van der Waals surface area contributed by atoms with E-state index in [2.05, 4.69) is 15.6 Å². The van der Waals surface area contributed by atoms with E-state index in [0.717, 1.165) is 17.9 Å². The van der Waals surface area contributed by atoms with Gasteiger partial charge >= 0.3 is 0 Å². The molecular formula is C19H24N4O4. The average molecular weight is 372 g/mol. The number of hydrogen-bond donors (Lipinski definition) is 2. The van der Waals surface area contributed by atoms with Crippen LogP contribution in [0.4, 0.5) is 5.69 Å². The maximum absolute atomic E-state index is 12.7. The smallest absolute Gasteiger partial charge is 0.270 e. The number of anilines is 1. The van der Waals surface area contributed by atoms with Crippen LogP contribution in [0.5, 0.6) is 0 Å². The molecule has 3 heterocycles. The van der Waals surface area contributed by atoms with Gasteiger partial charge in [0.15, 0.2) is 0 Å². The highest BCUT2D eigenvalue weighted by Crippen LogP contribution is 2.19. The maximum Gasteiger partial charge on any atom is 0.270 e. The van der Waals surface area contributed by atoms with Crippen LogP contribution in [0.25, 0.3) is 0 Å². The summed E-state index contributed by atoms with van der Waals surface area (Å²) in [6.07, 6.45) is 2.35. The molecule has 8 heteroatoms. The fourth-order valence-corrected chi connectivity index (χ4v) is 2.96. The molecule has 2 aromatic rings. The molecule has 0 aromatic carbocycles. The molecule has 2 N–H and O–H groups in total. The lowest BCUT2D eigenvalue weighted by molar-refractivity contribution is -0.120. The molecule has 8 nitrogen and oxygen atoms in total. The minimum atomic E-state index is -0.408. The second kappa shape index (κ2) is 8.68. The number of furan rings is 1. The van der Waals surface area contributed by atoms with Gasteiger partial charge in [-0.05, 0) is 24.3 Å². The zero-order valence-corrected chi connectivity index (χ0v) is 15.5. The molecule has 1 saturated heterocycles. The van der Waals surface area contributed by atoms with Crippen LogP contribution in [0.3, 0.4) is 0 Å². The number of aryl methyl sites for hydroxylation is 1. The Hall–Kier alpha value is -2.87. The molecule has 1 aliphatic heterocycles. The van der Waals surface area contributed by atoms with Gasteiger partial charge < -0.3 is 24.7 Å². The van der Waals surface area contributed by atoms with Gasteiger partial charge in [0, 0.05) is 38.5 Å². The van der Waals surface area contributed by atoms with Crippen molar-refractivity contribution in [3.05, 3.63) is 47.7 Å². The van der Waals surface area contributed by atoms with Crippen LogP contribution in [0, 0.1) is 0 Å². The lowest BCUT2D eigenvalue weighted by Gasteiger charge is -2.28. The first-order chi connectivity index (χ1) is 13.1. The highest BCUT2D eigenvalue weighted by atomic mass is 16.5. The summed E-state index contributed by atoms with van der Waals surface area (Å²) < 4.78 is 11.0. The van der Waals surface area contributed by atoms with E-state index < -0.39 is 6.04 Å². The SMILES string of the molecule is CCc1ccc(C(COC)NC(=O)c2cc(N3CCNC(=O)C3)ccn2)o1. The van der Waals surface area contributed by atoms with Gasteiger partial charge in [-0.2, -0.15) is 0 Å². The van der Waals surface area contributed by atoms with Crippen molar-refractivity contribution in [2.75, 3.05) is 38.3 Å². The Bertz CT molecular complexity index is 805. The third-order valence-corrected chi connectivity index (χ3v) is 4.39. The van der Waals surface area contributed by atoms with Crippen molar-refractivity contribution in [3.63, 3.8) is 0 Å². The predicted octanol–water partition coefficient (Wildman–Crippen LogP) is 1.29. The molecule has 1 aliphatic rings. The summed E-state index contributed by atoms with van der Waals surface area (Å²) in [6, 6.07) is 6.82. The summed E-state index contributed by atoms with van der Waals surface area (Å²) in [5.74, 6) is 1.14. The van der Waals surface area contributed by atoms with E-state index in [4.69, 9.17) is 9.15 Å². The molecule has 1 fully saturated rings. The summed E-state index contributed by atoms with van der Waals surface area (Å²) in [5.41, 5.74) is 1.07. The Labute approximate surface area is 157 Å². The van der Waals surface area contributed by atoms with E-state index >= 15 is 0 Å². The van der Waals surface area contributed by atoms with Crippen molar-refractivity contribution < 1.29 is 18.7 Å². The molecule has 1 atom stereocenters. The van der Waals surface area contributed by atoms with Crippen LogP contribution in [-0.2, 0) is 16.0 Å². The Balaban J connectivity index is 1.74. The van der Waals surface area contributed by atoms with Gasteiger partial charge in [-0.1, -0.05) is 6.92 Å². The molecule has 0 bridgehead atoms. The van der Waals surface area contributed by atoms with Crippen molar-refractivity contribution in [3.8, 4) is 0 Å². The molecule has 0 radical (unpaired) electrons. The third-order valence-electron chi connectivity index (χ3n) is 4.39. The van der Waals surface area contributed by atoms with Gasteiger partial charge in [-0.15, -0.1) is 0 Å². The number of piperazine rings is 1. The summed E-state index contributed by atoms with van der Waals surface area (Å²) in [5, 5.41) is 5.69. The summed E-state index contributed by atoms with van der Waals surface area (Å²) in [6.45, 7) is 3.83. The predicted molar refractivity (Wildman–Crippen MR) is 99.6 cm³/mol. The number of carbonyl (C=O) groups excluding carboxylic acids is 2. The number of aromatic nitrogens is 1. The van der Waals surface area contributed by atoms with E-state index in [1.807, 2.05) is 24.0 Å². The normalized spacial score (nSPS) is 15.3. The van der Waals surface area contributed by atoms with Gasteiger partial charge in [-0.3, -0.25) is 14.6 Å². The number of hydrogen-bond acceptors (Lipinski definition) is 6. The number of carbonyl (C=O) groups is 2. The zero-order chi connectivity index (χ0) is 19.2. The van der Waals surface area contributed by atoms with Crippen LogP contribution >= 0.6 is 0 Å². The fraction of sp³-hybridized carbons (Fsp3) is 0.421.